The molecule has 0 aliphatic rings. The summed E-state index contributed by atoms with van der Waals surface area (Å²) in [5, 5.41) is 13.1. The third kappa shape index (κ3) is 4.64. The molecule has 148 valence electrons. The third-order valence-electron chi connectivity index (χ3n) is 4.24. The first kappa shape index (κ1) is 19.8. The molecule has 3 heterocycles. The largest absolute Gasteiger partial charge is 0.380 e. The van der Waals surface area contributed by atoms with Gasteiger partial charge in [0.2, 0.25) is 0 Å². The number of carbonyl (C=O) groups excluding carboxylic acids is 1. The normalized spacial score (nSPS) is 11.8. The van der Waals surface area contributed by atoms with Crippen molar-refractivity contribution in [2.75, 3.05) is 11.9 Å². The van der Waals surface area contributed by atoms with Crippen molar-refractivity contribution in [3.63, 3.8) is 0 Å². The zero-order valence-corrected chi connectivity index (χ0v) is 16.7. The summed E-state index contributed by atoms with van der Waals surface area (Å²) in [6.45, 7) is 8.40. The van der Waals surface area contributed by atoms with Crippen LogP contribution < -0.4 is 16.4 Å². The molecule has 3 rings (SSSR count). The molecule has 0 saturated heterocycles. The van der Waals surface area contributed by atoms with Crippen LogP contribution in [0.1, 0.15) is 44.5 Å². The molecule has 8 nitrogen and oxygen atoms in total. The van der Waals surface area contributed by atoms with Gasteiger partial charge in [0.1, 0.15) is 5.52 Å². The van der Waals surface area contributed by atoms with Crippen LogP contribution in [0.15, 0.2) is 30.7 Å². The highest BCUT2D eigenvalue weighted by atomic mass is 16.1. The van der Waals surface area contributed by atoms with E-state index in [-0.39, 0.29) is 17.5 Å². The van der Waals surface area contributed by atoms with Crippen molar-refractivity contribution in [2.24, 2.45) is 5.73 Å². The number of pyridine rings is 2. The highest BCUT2D eigenvalue weighted by Gasteiger charge is 2.19. The number of rotatable bonds is 7. The fourth-order valence-corrected chi connectivity index (χ4v) is 2.82. The van der Waals surface area contributed by atoms with E-state index in [0.29, 0.717) is 29.7 Å². The van der Waals surface area contributed by atoms with Gasteiger partial charge in [-0.3, -0.25) is 14.9 Å². The molecule has 0 saturated carbocycles. The molecule has 0 unspecified atom stereocenters. The summed E-state index contributed by atoms with van der Waals surface area (Å²) in [5.41, 5.74) is 9.81. The maximum Gasteiger partial charge on any atom is 0.255 e. The molecule has 0 atom stereocenters. The van der Waals surface area contributed by atoms with Crippen molar-refractivity contribution < 1.29 is 4.79 Å². The lowest BCUT2D eigenvalue weighted by Crippen LogP contribution is -2.37. The van der Waals surface area contributed by atoms with Gasteiger partial charge in [-0.1, -0.05) is 0 Å². The molecular weight excluding hydrogens is 354 g/mol. The van der Waals surface area contributed by atoms with Gasteiger partial charge in [0.25, 0.3) is 5.91 Å². The number of nitrogens with one attached hydrogen (secondary N) is 3. The molecule has 0 radical (unpaired) electrons. The smallest absolute Gasteiger partial charge is 0.255 e. The van der Waals surface area contributed by atoms with E-state index in [4.69, 9.17) is 10.7 Å². The van der Waals surface area contributed by atoms with Gasteiger partial charge < -0.3 is 16.4 Å². The van der Waals surface area contributed by atoms with E-state index in [1.165, 1.54) is 0 Å². The van der Waals surface area contributed by atoms with Gasteiger partial charge in [0.15, 0.2) is 0 Å². The summed E-state index contributed by atoms with van der Waals surface area (Å²) in [6.07, 6.45) is 5.76. The summed E-state index contributed by atoms with van der Waals surface area (Å²) in [5.74, 6) is -0.197. The zero-order valence-electron chi connectivity index (χ0n) is 16.7. The van der Waals surface area contributed by atoms with Crippen molar-refractivity contribution in [2.45, 2.75) is 45.7 Å². The molecule has 0 fully saturated rings. The topological polar surface area (TPSA) is 122 Å². The number of hydrogen-bond donors (Lipinski definition) is 4. The Morgan fingerprint density at radius 3 is 2.71 bits per heavy atom. The average molecular weight is 381 g/mol. The second kappa shape index (κ2) is 7.93. The van der Waals surface area contributed by atoms with Crippen LogP contribution in [-0.4, -0.2) is 44.2 Å². The Balaban J connectivity index is 2.00. The second-order valence-electron chi connectivity index (χ2n) is 7.89. The van der Waals surface area contributed by atoms with Crippen LogP contribution in [0.5, 0.6) is 0 Å². The van der Waals surface area contributed by atoms with E-state index < -0.39 is 0 Å². The molecule has 5 N–H and O–H groups in total. The summed E-state index contributed by atoms with van der Waals surface area (Å²) in [7, 11) is 0. The maximum absolute atomic E-state index is 12.8. The summed E-state index contributed by atoms with van der Waals surface area (Å²) >= 11 is 0. The number of nitrogens with zero attached hydrogens (tertiary/aromatic N) is 3. The average Bonchev–Trinajstić information content (AvgIpc) is 3.14. The number of amides is 1. The van der Waals surface area contributed by atoms with E-state index in [0.717, 1.165) is 16.8 Å². The number of hydrogen-bond acceptors (Lipinski definition) is 6. The molecule has 3 aromatic rings. The number of aromatic nitrogens is 4. The van der Waals surface area contributed by atoms with Crippen LogP contribution in [0.2, 0.25) is 0 Å². The Hall–Kier alpha value is -3.00. The third-order valence-corrected chi connectivity index (χ3v) is 4.24. The molecule has 0 aliphatic carbocycles. The summed E-state index contributed by atoms with van der Waals surface area (Å²) < 4.78 is 0. The Morgan fingerprint density at radius 2 is 2.07 bits per heavy atom. The molecular formula is C20H27N7O. The van der Waals surface area contributed by atoms with Crippen LogP contribution in [0.4, 0.5) is 5.69 Å². The van der Waals surface area contributed by atoms with Crippen molar-refractivity contribution in [1.29, 1.82) is 0 Å². The fourth-order valence-electron chi connectivity index (χ4n) is 2.82. The van der Waals surface area contributed by atoms with Crippen LogP contribution in [0.25, 0.3) is 22.3 Å². The standard InChI is InChI=1S/C20H27N7O/c1-12(2)26-17-14(19(28)22-8-7-20(3,4)21)11-23-16-6-5-15(27-18(16)17)13-9-24-25-10-13/h5-6,9-12H,7-8,21H2,1-4H3,(H,22,28)(H,23,26)(H,24,25). The van der Waals surface area contributed by atoms with Crippen molar-refractivity contribution in [1.82, 2.24) is 25.5 Å². The van der Waals surface area contributed by atoms with Crippen LogP contribution in [-0.2, 0) is 0 Å². The lowest BCUT2D eigenvalue weighted by molar-refractivity contribution is 0.0952. The number of aromatic amines is 1. The predicted octanol–water partition coefficient (Wildman–Crippen LogP) is 2.70. The molecule has 28 heavy (non-hydrogen) atoms. The summed E-state index contributed by atoms with van der Waals surface area (Å²) in [4.78, 5) is 22.0. The first-order chi connectivity index (χ1) is 13.2. The molecule has 8 heteroatoms. The number of anilines is 1. The Labute approximate surface area is 164 Å². The predicted molar refractivity (Wildman–Crippen MR) is 111 cm³/mol. The quantitative estimate of drug-likeness (QED) is 0.499. The minimum Gasteiger partial charge on any atom is -0.380 e. The van der Waals surface area contributed by atoms with E-state index in [1.54, 1.807) is 18.6 Å². The zero-order chi connectivity index (χ0) is 20.3. The number of fused-ring (bicyclic) bond motifs is 1. The number of carbonyl (C=O) groups is 1. The SMILES string of the molecule is CC(C)Nc1c(C(=O)NCCC(C)(C)N)cnc2ccc(-c3cn[nH]c3)nc12. The first-order valence-electron chi connectivity index (χ1n) is 9.37. The van der Waals surface area contributed by atoms with E-state index in [9.17, 15) is 4.79 Å². The van der Waals surface area contributed by atoms with Crippen molar-refractivity contribution in [3.05, 3.63) is 36.3 Å². The van der Waals surface area contributed by atoms with Gasteiger partial charge in [0.05, 0.1) is 28.7 Å². The highest BCUT2D eigenvalue weighted by Crippen LogP contribution is 2.28. The molecule has 0 aliphatic heterocycles. The molecule has 0 spiro atoms. The lowest BCUT2D eigenvalue weighted by Gasteiger charge is -2.19. The first-order valence-corrected chi connectivity index (χ1v) is 9.37. The van der Waals surface area contributed by atoms with Crippen molar-refractivity contribution >= 4 is 22.6 Å². The van der Waals surface area contributed by atoms with E-state index >= 15 is 0 Å². The van der Waals surface area contributed by atoms with Crippen LogP contribution in [0.3, 0.4) is 0 Å². The maximum atomic E-state index is 12.8. The Bertz CT molecular complexity index is 959. The molecule has 3 aromatic heterocycles. The van der Waals surface area contributed by atoms with Crippen LogP contribution in [0, 0.1) is 0 Å². The molecule has 1 amide bonds. The Morgan fingerprint density at radius 1 is 1.29 bits per heavy atom. The monoisotopic (exact) mass is 381 g/mol. The van der Waals surface area contributed by atoms with Gasteiger partial charge in [-0.2, -0.15) is 5.10 Å². The van der Waals surface area contributed by atoms with Crippen LogP contribution >= 0.6 is 0 Å². The summed E-state index contributed by atoms with van der Waals surface area (Å²) in [6, 6.07) is 3.91. The highest BCUT2D eigenvalue weighted by molar-refractivity contribution is 6.06. The van der Waals surface area contributed by atoms with Crippen molar-refractivity contribution in [3.8, 4) is 11.3 Å². The number of H-pyrrole nitrogens is 1. The molecule has 0 aromatic carbocycles. The van der Waals surface area contributed by atoms with Gasteiger partial charge in [-0.25, -0.2) is 4.98 Å². The molecule has 0 bridgehead atoms. The fraction of sp³-hybridized carbons (Fsp3) is 0.400. The minimum absolute atomic E-state index is 0.125. The van der Waals surface area contributed by atoms with Gasteiger partial charge in [0, 0.05) is 36.1 Å². The minimum atomic E-state index is -0.338. The van der Waals surface area contributed by atoms with E-state index in [1.807, 2.05) is 39.8 Å². The second-order valence-corrected chi connectivity index (χ2v) is 7.89. The van der Waals surface area contributed by atoms with Gasteiger partial charge in [-0.15, -0.1) is 0 Å². The number of nitrogens with two attached hydrogens (primary N) is 1. The van der Waals surface area contributed by atoms with Gasteiger partial charge >= 0.3 is 0 Å². The Kier molecular flexibility index (Phi) is 5.60. The van der Waals surface area contributed by atoms with E-state index in [2.05, 4.69) is 25.8 Å². The lowest BCUT2D eigenvalue weighted by atomic mass is 10.0. The van der Waals surface area contributed by atoms with Gasteiger partial charge in [-0.05, 0) is 46.2 Å².